The van der Waals surface area contributed by atoms with Gasteiger partial charge in [-0.1, -0.05) is 19.1 Å². The summed E-state index contributed by atoms with van der Waals surface area (Å²) in [5.74, 6) is -0.253. The predicted molar refractivity (Wildman–Crippen MR) is 79.0 cm³/mol. The summed E-state index contributed by atoms with van der Waals surface area (Å²) in [5, 5.41) is 2.79. The van der Waals surface area contributed by atoms with Gasteiger partial charge in [0.05, 0.1) is 6.26 Å². The molecule has 1 unspecified atom stereocenters. The van der Waals surface area contributed by atoms with Gasteiger partial charge in [-0.05, 0) is 37.0 Å². The van der Waals surface area contributed by atoms with E-state index >= 15 is 0 Å². The summed E-state index contributed by atoms with van der Waals surface area (Å²) >= 11 is 0. The topological polar surface area (TPSA) is 66.5 Å². The van der Waals surface area contributed by atoms with E-state index in [0.717, 1.165) is 19.1 Å². The van der Waals surface area contributed by atoms with Crippen molar-refractivity contribution in [3.05, 3.63) is 29.8 Å². The van der Waals surface area contributed by atoms with Gasteiger partial charge in [0.2, 0.25) is 15.9 Å². The van der Waals surface area contributed by atoms with Gasteiger partial charge in [0.1, 0.15) is 6.04 Å². The largest absolute Gasteiger partial charge is 0.325 e. The van der Waals surface area contributed by atoms with Crippen LogP contribution in [0, 0.1) is 0 Å². The zero-order chi connectivity index (χ0) is 14.8. The number of aryl methyl sites for hydroxylation is 1. The van der Waals surface area contributed by atoms with E-state index in [2.05, 4.69) is 12.2 Å². The first kappa shape index (κ1) is 15.0. The second kappa shape index (κ2) is 5.93. The molecule has 0 saturated carbocycles. The summed E-state index contributed by atoms with van der Waals surface area (Å²) in [6, 6.07) is 7.01. The molecule has 2 rings (SSSR count). The molecule has 0 aliphatic carbocycles. The number of nitrogens with one attached hydrogen (secondary N) is 1. The number of anilines is 1. The van der Waals surface area contributed by atoms with Crippen LogP contribution in [-0.2, 0) is 21.2 Å². The highest BCUT2D eigenvalue weighted by Gasteiger charge is 2.36. The maximum Gasteiger partial charge on any atom is 0.242 e. The lowest BCUT2D eigenvalue weighted by atomic mass is 10.1. The summed E-state index contributed by atoms with van der Waals surface area (Å²) in [5.41, 5.74) is 1.90. The average molecular weight is 296 g/mol. The Morgan fingerprint density at radius 2 is 2.00 bits per heavy atom. The van der Waals surface area contributed by atoms with Crippen molar-refractivity contribution in [2.24, 2.45) is 0 Å². The molecule has 1 aromatic rings. The van der Waals surface area contributed by atoms with Crippen LogP contribution >= 0.6 is 0 Å². The van der Waals surface area contributed by atoms with Crippen LogP contribution in [0.15, 0.2) is 24.3 Å². The summed E-state index contributed by atoms with van der Waals surface area (Å²) in [4.78, 5) is 12.2. The fourth-order valence-electron chi connectivity index (χ4n) is 2.45. The van der Waals surface area contributed by atoms with Gasteiger partial charge < -0.3 is 5.32 Å². The second-order valence-electron chi connectivity index (χ2n) is 5.07. The highest BCUT2D eigenvalue weighted by molar-refractivity contribution is 7.88. The van der Waals surface area contributed by atoms with Crippen molar-refractivity contribution in [3.63, 3.8) is 0 Å². The van der Waals surface area contributed by atoms with Gasteiger partial charge in [-0.3, -0.25) is 4.79 Å². The second-order valence-corrected chi connectivity index (χ2v) is 7.01. The molecule has 1 atom stereocenters. The summed E-state index contributed by atoms with van der Waals surface area (Å²) < 4.78 is 24.5. The molecule has 1 heterocycles. The fraction of sp³-hybridized carbons (Fsp3) is 0.500. The SMILES string of the molecule is CCc1ccc(NC(=O)C2CCCN2S(C)(=O)=O)cc1. The first-order valence-electron chi connectivity index (χ1n) is 6.78. The van der Waals surface area contributed by atoms with E-state index < -0.39 is 16.1 Å². The monoisotopic (exact) mass is 296 g/mol. The van der Waals surface area contributed by atoms with Gasteiger partial charge in [-0.2, -0.15) is 4.31 Å². The minimum Gasteiger partial charge on any atom is -0.325 e. The Morgan fingerprint density at radius 1 is 1.35 bits per heavy atom. The number of rotatable bonds is 4. The lowest BCUT2D eigenvalue weighted by Crippen LogP contribution is -2.42. The predicted octanol–water partition coefficient (Wildman–Crippen LogP) is 1.61. The molecule has 0 bridgehead atoms. The number of hydrogen-bond donors (Lipinski definition) is 1. The first-order valence-corrected chi connectivity index (χ1v) is 8.63. The molecule has 1 saturated heterocycles. The maximum absolute atomic E-state index is 12.2. The number of nitrogens with zero attached hydrogens (tertiary/aromatic N) is 1. The van der Waals surface area contributed by atoms with E-state index in [-0.39, 0.29) is 5.91 Å². The van der Waals surface area contributed by atoms with Crippen LogP contribution in [0.2, 0.25) is 0 Å². The molecule has 20 heavy (non-hydrogen) atoms. The highest BCUT2D eigenvalue weighted by atomic mass is 32.2. The quantitative estimate of drug-likeness (QED) is 0.918. The smallest absolute Gasteiger partial charge is 0.242 e. The van der Waals surface area contributed by atoms with Crippen molar-refractivity contribution in [1.82, 2.24) is 4.31 Å². The van der Waals surface area contributed by atoms with Crippen LogP contribution in [0.1, 0.15) is 25.3 Å². The van der Waals surface area contributed by atoms with Crippen molar-refractivity contribution in [1.29, 1.82) is 0 Å². The number of carbonyl (C=O) groups excluding carboxylic acids is 1. The van der Waals surface area contributed by atoms with Gasteiger partial charge in [0, 0.05) is 12.2 Å². The maximum atomic E-state index is 12.2. The van der Waals surface area contributed by atoms with E-state index in [1.165, 1.54) is 9.87 Å². The number of benzene rings is 1. The van der Waals surface area contributed by atoms with E-state index in [1.54, 1.807) is 0 Å². The van der Waals surface area contributed by atoms with Gasteiger partial charge in [0.15, 0.2) is 0 Å². The van der Waals surface area contributed by atoms with Crippen LogP contribution in [0.4, 0.5) is 5.69 Å². The standard InChI is InChI=1S/C14H20N2O3S/c1-3-11-6-8-12(9-7-11)15-14(17)13-5-4-10-16(13)20(2,18)19/h6-9,13H,3-5,10H2,1-2H3,(H,15,17). The van der Waals surface area contributed by atoms with Crippen molar-refractivity contribution < 1.29 is 13.2 Å². The molecule has 6 heteroatoms. The van der Waals surface area contributed by atoms with Crippen molar-refractivity contribution in [2.45, 2.75) is 32.2 Å². The van der Waals surface area contributed by atoms with E-state index in [9.17, 15) is 13.2 Å². The Hall–Kier alpha value is -1.40. The first-order chi connectivity index (χ1) is 9.41. The normalized spacial score (nSPS) is 20.0. The van der Waals surface area contributed by atoms with Crippen LogP contribution in [0.25, 0.3) is 0 Å². The number of hydrogen-bond acceptors (Lipinski definition) is 3. The van der Waals surface area contributed by atoms with Crippen LogP contribution in [0.5, 0.6) is 0 Å². The van der Waals surface area contributed by atoms with E-state index in [0.29, 0.717) is 18.7 Å². The Labute approximate surface area is 120 Å². The zero-order valence-corrected chi connectivity index (χ0v) is 12.6. The van der Waals surface area contributed by atoms with Gasteiger partial charge >= 0.3 is 0 Å². The zero-order valence-electron chi connectivity index (χ0n) is 11.8. The number of sulfonamides is 1. The molecule has 1 aliphatic rings. The Morgan fingerprint density at radius 3 is 2.55 bits per heavy atom. The minimum absolute atomic E-state index is 0.253. The Kier molecular flexibility index (Phi) is 4.45. The Balaban J connectivity index is 2.07. The summed E-state index contributed by atoms with van der Waals surface area (Å²) in [6.45, 7) is 2.49. The van der Waals surface area contributed by atoms with Gasteiger partial charge in [-0.15, -0.1) is 0 Å². The van der Waals surface area contributed by atoms with Gasteiger partial charge in [-0.25, -0.2) is 8.42 Å². The molecule has 5 nitrogen and oxygen atoms in total. The highest BCUT2D eigenvalue weighted by Crippen LogP contribution is 2.22. The molecule has 0 radical (unpaired) electrons. The lowest BCUT2D eigenvalue weighted by molar-refractivity contribution is -0.119. The third kappa shape index (κ3) is 3.37. The molecule has 1 aliphatic heterocycles. The molecule has 1 N–H and O–H groups in total. The summed E-state index contributed by atoms with van der Waals surface area (Å²) in [7, 11) is -3.33. The molecule has 110 valence electrons. The van der Waals surface area contributed by atoms with E-state index in [4.69, 9.17) is 0 Å². The molecule has 0 aromatic heterocycles. The molecule has 1 fully saturated rings. The third-order valence-electron chi connectivity index (χ3n) is 3.56. The molecule has 1 amide bonds. The van der Waals surface area contributed by atoms with Gasteiger partial charge in [0.25, 0.3) is 0 Å². The fourth-order valence-corrected chi connectivity index (χ4v) is 3.57. The molecular weight excluding hydrogens is 276 g/mol. The minimum atomic E-state index is -3.33. The summed E-state index contributed by atoms with van der Waals surface area (Å²) in [6.07, 6.45) is 3.39. The third-order valence-corrected chi connectivity index (χ3v) is 4.85. The van der Waals surface area contributed by atoms with Crippen LogP contribution in [0.3, 0.4) is 0 Å². The van der Waals surface area contributed by atoms with Crippen LogP contribution in [-0.4, -0.2) is 37.5 Å². The van der Waals surface area contributed by atoms with Crippen molar-refractivity contribution in [3.8, 4) is 0 Å². The Bertz CT molecular complexity index is 581. The molecule has 0 spiro atoms. The van der Waals surface area contributed by atoms with E-state index in [1.807, 2.05) is 24.3 Å². The average Bonchev–Trinajstić information content (AvgIpc) is 2.89. The number of amides is 1. The van der Waals surface area contributed by atoms with Crippen molar-refractivity contribution >= 4 is 21.6 Å². The molecular formula is C14H20N2O3S. The lowest BCUT2D eigenvalue weighted by Gasteiger charge is -2.21. The van der Waals surface area contributed by atoms with Crippen LogP contribution < -0.4 is 5.32 Å². The molecule has 1 aromatic carbocycles. The number of carbonyl (C=O) groups is 1. The van der Waals surface area contributed by atoms with Crippen molar-refractivity contribution in [2.75, 3.05) is 18.1 Å².